The molecule has 1 aliphatic rings. The Morgan fingerprint density at radius 2 is 1.90 bits per heavy atom. The number of aliphatic imine (C=N–C) groups is 1. The maximum absolute atomic E-state index is 11.6. The van der Waals surface area contributed by atoms with Gasteiger partial charge in [0.1, 0.15) is 0 Å². The van der Waals surface area contributed by atoms with E-state index >= 15 is 0 Å². The summed E-state index contributed by atoms with van der Waals surface area (Å²) < 4.78 is 0. The first-order valence-electron chi connectivity index (χ1n) is 10.0. The van der Waals surface area contributed by atoms with Gasteiger partial charge in [-0.2, -0.15) is 0 Å². The van der Waals surface area contributed by atoms with Gasteiger partial charge in [0.2, 0.25) is 5.91 Å². The van der Waals surface area contributed by atoms with Gasteiger partial charge in [-0.1, -0.05) is 30.3 Å². The quantitative estimate of drug-likeness (QED) is 0.158. The highest BCUT2D eigenvalue weighted by Gasteiger charge is 2.16. The largest absolute Gasteiger partial charge is 0.360 e. The second-order valence-electron chi connectivity index (χ2n) is 6.72. The third-order valence-electron chi connectivity index (χ3n) is 4.51. The maximum Gasteiger partial charge on any atom is 0.239 e. The number of benzene rings is 2. The van der Waals surface area contributed by atoms with Crippen molar-refractivity contribution in [1.82, 2.24) is 16.0 Å². The molecule has 0 aromatic heterocycles. The molecule has 1 saturated heterocycles. The van der Waals surface area contributed by atoms with Crippen LogP contribution in [0.2, 0.25) is 0 Å². The van der Waals surface area contributed by atoms with E-state index in [2.05, 4.69) is 81.3 Å². The summed E-state index contributed by atoms with van der Waals surface area (Å²) in [4.78, 5) is 19.6. The second-order valence-corrected chi connectivity index (χ2v) is 7.89. The van der Waals surface area contributed by atoms with Crippen molar-refractivity contribution in [3.8, 4) is 0 Å². The molecule has 1 fully saturated rings. The Morgan fingerprint density at radius 1 is 1.13 bits per heavy atom. The molecule has 0 aliphatic carbocycles. The first-order chi connectivity index (χ1) is 14.2. The highest BCUT2D eigenvalue weighted by molar-refractivity contribution is 14.0. The molecule has 2 aromatic rings. The van der Waals surface area contributed by atoms with Gasteiger partial charge in [-0.15, -0.1) is 35.7 Å². The lowest BCUT2D eigenvalue weighted by atomic mass is 10.2. The molecule has 2 aromatic carbocycles. The molecular formula is C22H30IN5OS. The number of nitrogens with one attached hydrogen (secondary N) is 3. The third kappa shape index (κ3) is 8.06. The fourth-order valence-electron chi connectivity index (χ4n) is 3.04. The third-order valence-corrected chi connectivity index (χ3v) is 5.52. The van der Waals surface area contributed by atoms with Crippen molar-refractivity contribution in [2.45, 2.75) is 18.4 Å². The van der Waals surface area contributed by atoms with Crippen molar-refractivity contribution in [1.29, 1.82) is 0 Å². The molecule has 1 heterocycles. The predicted molar refractivity (Wildman–Crippen MR) is 137 cm³/mol. The van der Waals surface area contributed by atoms with Crippen LogP contribution in [0, 0.1) is 0 Å². The van der Waals surface area contributed by atoms with Crippen molar-refractivity contribution in [3.05, 3.63) is 60.2 Å². The average Bonchev–Trinajstić information content (AvgIpc) is 2.76. The molecule has 0 saturated carbocycles. The van der Waals surface area contributed by atoms with E-state index in [1.54, 1.807) is 0 Å². The van der Waals surface area contributed by atoms with E-state index in [1.165, 1.54) is 4.90 Å². The Kier molecular flexibility index (Phi) is 10.9. The van der Waals surface area contributed by atoms with E-state index in [0.717, 1.165) is 42.6 Å². The van der Waals surface area contributed by atoms with Crippen molar-refractivity contribution in [3.63, 3.8) is 0 Å². The minimum absolute atomic E-state index is 0. The van der Waals surface area contributed by atoms with Crippen LogP contribution in [-0.2, 0) is 11.3 Å². The van der Waals surface area contributed by atoms with E-state index in [4.69, 9.17) is 0 Å². The van der Waals surface area contributed by atoms with Crippen LogP contribution in [0.5, 0.6) is 0 Å². The van der Waals surface area contributed by atoms with Gasteiger partial charge < -0.3 is 20.9 Å². The lowest BCUT2D eigenvalue weighted by molar-refractivity contribution is -0.120. The number of guanidine groups is 1. The number of carbonyl (C=O) groups excluding carboxylic acids is 1. The molecule has 1 aliphatic heterocycles. The summed E-state index contributed by atoms with van der Waals surface area (Å²) in [6, 6.07) is 18.7. The minimum atomic E-state index is 0. The van der Waals surface area contributed by atoms with Gasteiger partial charge in [-0.25, -0.2) is 4.99 Å². The van der Waals surface area contributed by atoms with Gasteiger partial charge in [-0.3, -0.25) is 4.79 Å². The average molecular weight is 539 g/mol. The Bertz CT molecular complexity index is 801. The first-order valence-corrected chi connectivity index (χ1v) is 11.0. The Labute approximate surface area is 200 Å². The van der Waals surface area contributed by atoms with Crippen LogP contribution in [0.3, 0.4) is 0 Å². The zero-order chi connectivity index (χ0) is 20.3. The van der Waals surface area contributed by atoms with Crippen LogP contribution in [-0.4, -0.2) is 50.3 Å². The molecule has 1 amide bonds. The summed E-state index contributed by atoms with van der Waals surface area (Å²) in [6.45, 7) is 6.33. The van der Waals surface area contributed by atoms with Crippen LogP contribution < -0.4 is 20.9 Å². The smallest absolute Gasteiger partial charge is 0.239 e. The topological polar surface area (TPSA) is 68.8 Å². The summed E-state index contributed by atoms with van der Waals surface area (Å²) in [7, 11) is 0. The fraction of sp³-hybridized carbons (Fsp3) is 0.364. The second kappa shape index (κ2) is 13.4. The summed E-state index contributed by atoms with van der Waals surface area (Å²) in [5, 5.41) is 9.55. The van der Waals surface area contributed by atoms with Gasteiger partial charge in [0.05, 0.1) is 13.1 Å². The standard InChI is InChI=1S/C22H29N5OS.HI/c1-2-23-22(25-13-15-29-20-6-4-3-5-7-20)26-16-18-8-10-19(11-9-18)27-14-12-24-21(28)17-27;/h3-11H,2,12-17H2,1H3,(H,24,28)(H2,23,25,26);1H. The van der Waals surface area contributed by atoms with E-state index < -0.39 is 0 Å². The molecule has 0 bridgehead atoms. The first kappa shape index (κ1) is 24.3. The summed E-state index contributed by atoms with van der Waals surface area (Å²) in [6.07, 6.45) is 0. The minimum Gasteiger partial charge on any atom is -0.360 e. The summed E-state index contributed by atoms with van der Waals surface area (Å²) in [5.74, 6) is 1.89. The molecule has 8 heteroatoms. The number of anilines is 1. The molecule has 162 valence electrons. The van der Waals surface area contributed by atoms with Crippen molar-refractivity contribution < 1.29 is 4.79 Å². The lowest BCUT2D eigenvalue weighted by Crippen LogP contribution is -2.47. The van der Waals surface area contributed by atoms with E-state index in [9.17, 15) is 4.79 Å². The number of rotatable bonds is 8. The molecule has 0 spiro atoms. The lowest BCUT2D eigenvalue weighted by Gasteiger charge is -2.28. The molecular weight excluding hydrogens is 509 g/mol. The number of nitrogens with zero attached hydrogens (tertiary/aromatic N) is 2. The van der Waals surface area contributed by atoms with Crippen LogP contribution in [0.15, 0.2) is 64.5 Å². The van der Waals surface area contributed by atoms with Gasteiger partial charge in [0, 0.05) is 42.5 Å². The number of amides is 1. The zero-order valence-corrected chi connectivity index (χ0v) is 20.4. The Balaban J connectivity index is 0.00000320. The van der Waals surface area contributed by atoms with Crippen LogP contribution >= 0.6 is 35.7 Å². The summed E-state index contributed by atoms with van der Waals surface area (Å²) >= 11 is 1.83. The Morgan fingerprint density at radius 3 is 2.60 bits per heavy atom. The van der Waals surface area contributed by atoms with Crippen molar-refractivity contribution in [2.24, 2.45) is 4.99 Å². The summed E-state index contributed by atoms with van der Waals surface area (Å²) in [5.41, 5.74) is 2.22. The molecule has 0 atom stereocenters. The molecule has 0 unspecified atom stereocenters. The highest BCUT2D eigenvalue weighted by atomic mass is 127. The SMILES string of the molecule is CCNC(=NCc1ccc(N2CCNC(=O)C2)cc1)NCCSc1ccccc1.I. The van der Waals surface area contributed by atoms with E-state index in [1.807, 2.05) is 17.8 Å². The molecule has 3 rings (SSSR count). The van der Waals surface area contributed by atoms with Gasteiger partial charge in [0.25, 0.3) is 0 Å². The van der Waals surface area contributed by atoms with Gasteiger partial charge in [0.15, 0.2) is 5.96 Å². The van der Waals surface area contributed by atoms with Crippen LogP contribution in [0.1, 0.15) is 12.5 Å². The zero-order valence-electron chi connectivity index (χ0n) is 17.3. The number of piperazine rings is 1. The van der Waals surface area contributed by atoms with Crippen LogP contribution in [0.4, 0.5) is 5.69 Å². The number of halogens is 1. The van der Waals surface area contributed by atoms with Gasteiger partial charge >= 0.3 is 0 Å². The van der Waals surface area contributed by atoms with E-state index in [-0.39, 0.29) is 29.9 Å². The molecule has 3 N–H and O–H groups in total. The number of hydrogen-bond donors (Lipinski definition) is 3. The highest BCUT2D eigenvalue weighted by Crippen LogP contribution is 2.17. The monoisotopic (exact) mass is 539 g/mol. The predicted octanol–water partition coefficient (Wildman–Crippen LogP) is 3.09. The molecule has 30 heavy (non-hydrogen) atoms. The molecule has 6 nitrogen and oxygen atoms in total. The maximum atomic E-state index is 11.6. The number of hydrogen-bond acceptors (Lipinski definition) is 4. The van der Waals surface area contributed by atoms with Gasteiger partial charge in [-0.05, 0) is 36.8 Å². The van der Waals surface area contributed by atoms with E-state index in [0.29, 0.717) is 19.6 Å². The number of carbonyl (C=O) groups is 1. The Hall–Kier alpha value is -1.94. The van der Waals surface area contributed by atoms with Crippen molar-refractivity contribution in [2.75, 3.05) is 43.4 Å². The van der Waals surface area contributed by atoms with Crippen LogP contribution in [0.25, 0.3) is 0 Å². The van der Waals surface area contributed by atoms with Crippen molar-refractivity contribution >= 4 is 53.3 Å². The molecule has 0 radical (unpaired) electrons. The number of thioether (sulfide) groups is 1. The fourth-order valence-corrected chi connectivity index (χ4v) is 3.83. The normalized spacial score (nSPS) is 14.0.